The maximum Gasteiger partial charge on any atom is 0.116 e. The highest BCUT2D eigenvalue weighted by Crippen LogP contribution is 2.41. The van der Waals surface area contributed by atoms with Crippen molar-refractivity contribution in [2.45, 2.75) is 50.0 Å². The van der Waals surface area contributed by atoms with Crippen molar-refractivity contribution in [1.29, 1.82) is 0 Å². The molecular weight excluding hydrogens is 342 g/mol. The number of aliphatic hydroxyl groups is 1. The van der Waals surface area contributed by atoms with Crippen molar-refractivity contribution in [2.24, 2.45) is 0 Å². The molecule has 4 rings (SSSR count). The van der Waals surface area contributed by atoms with Crippen molar-refractivity contribution in [3.05, 3.63) is 71.3 Å². The molecule has 1 aliphatic heterocycles. The lowest BCUT2D eigenvalue weighted by molar-refractivity contribution is 0.0545. The predicted octanol–water partition coefficient (Wildman–Crippen LogP) is 5.10. The van der Waals surface area contributed by atoms with Crippen LogP contribution in [0.1, 0.15) is 61.1 Å². The number of rotatable bonds is 6. The van der Waals surface area contributed by atoms with E-state index in [0.29, 0.717) is 0 Å². The minimum absolute atomic E-state index is 0. The normalized spacial score (nSPS) is 20.2. The van der Waals surface area contributed by atoms with Gasteiger partial charge in [0.2, 0.25) is 0 Å². The summed E-state index contributed by atoms with van der Waals surface area (Å²) in [4.78, 5) is 2.51. The first kappa shape index (κ1) is 19.4. The van der Waals surface area contributed by atoms with E-state index >= 15 is 0 Å². The van der Waals surface area contributed by atoms with E-state index in [2.05, 4.69) is 41.3 Å². The summed E-state index contributed by atoms with van der Waals surface area (Å²) in [6, 6.07) is 18.9. The predicted molar refractivity (Wildman–Crippen MR) is 110 cm³/mol. The molecule has 3 heteroatoms. The summed E-state index contributed by atoms with van der Waals surface area (Å²) in [5.74, 6) is 0.757. The zero-order valence-electron chi connectivity index (χ0n) is 15.4. The average molecular weight is 372 g/mol. The van der Waals surface area contributed by atoms with E-state index in [4.69, 9.17) is 0 Å². The summed E-state index contributed by atoms with van der Waals surface area (Å²) >= 11 is 0. The molecule has 1 unspecified atom stereocenters. The van der Waals surface area contributed by atoms with Crippen LogP contribution in [0.3, 0.4) is 0 Å². The number of hydrogen-bond acceptors (Lipinski definition) is 2. The molecule has 2 nitrogen and oxygen atoms in total. The first-order valence-corrected chi connectivity index (χ1v) is 9.86. The van der Waals surface area contributed by atoms with Crippen LogP contribution in [0, 0.1) is 0 Å². The van der Waals surface area contributed by atoms with Gasteiger partial charge in [-0.05, 0) is 67.8 Å². The van der Waals surface area contributed by atoms with Crippen LogP contribution >= 0.6 is 12.4 Å². The summed E-state index contributed by atoms with van der Waals surface area (Å²) in [6.45, 7) is 3.30. The zero-order valence-corrected chi connectivity index (χ0v) is 16.3. The molecule has 0 aromatic heterocycles. The number of piperidine rings is 1. The first-order chi connectivity index (χ1) is 12.3. The van der Waals surface area contributed by atoms with Gasteiger partial charge in [0.1, 0.15) is 5.60 Å². The third-order valence-corrected chi connectivity index (χ3v) is 5.93. The Morgan fingerprint density at radius 1 is 0.846 bits per heavy atom. The van der Waals surface area contributed by atoms with Gasteiger partial charge in [0.15, 0.2) is 0 Å². The molecule has 0 amide bonds. The maximum absolute atomic E-state index is 11.7. The van der Waals surface area contributed by atoms with Crippen LogP contribution in [0.15, 0.2) is 54.6 Å². The van der Waals surface area contributed by atoms with E-state index < -0.39 is 5.60 Å². The molecule has 26 heavy (non-hydrogen) atoms. The van der Waals surface area contributed by atoms with Gasteiger partial charge in [0.25, 0.3) is 0 Å². The SMILES string of the molecule is Cl.OC(CCN1CCCCC1)(c1ccccc1)c1ccc(C2CC2)cc1. The molecule has 0 radical (unpaired) electrons. The van der Waals surface area contributed by atoms with Crippen LogP contribution in [0.2, 0.25) is 0 Å². The summed E-state index contributed by atoms with van der Waals surface area (Å²) in [5, 5.41) is 11.7. The Labute approximate surface area is 163 Å². The Morgan fingerprint density at radius 2 is 1.46 bits per heavy atom. The van der Waals surface area contributed by atoms with Crippen molar-refractivity contribution in [1.82, 2.24) is 4.90 Å². The number of halogens is 1. The fourth-order valence-electron chi connectivity index (χ4n) is 4.12. The Bertz CT molecular complexity index is 677. The molecule has 2 aromatic carbocycles. The van der Waals surface area contributed by atoms with Crippen LogP contribution in [0.4, 0.5) is 0 Å². The van der Waals surface area contributed by atoms with Crippen molar-refractivity contribution in [2.75, 3.05) is 19.6 Å². The van der Waals surface area contributed by atoms with Crippen LogP contribution < -0.4 is 0 Å². The highest BCUT2D eigenvalue weighted by atomic mass is 35.5. The summed E-state index contributed by atoms with van der Waals surface area (Å²) < 4.78 is 0. The molecule has 1 aliphatic carbocycles. The van der Waals surface area contributed by atoms with Gasteiger partial charge in [-0.25, -0.2) is 0 Å². The second-order valence-corrected chi connectivity index (χ2v) is 7.77. The lowest BCUT2D eigenvalue weighted by atomic mass is 9.83. The van der Waals surface area contributed by atoms with Gasteiger partial charge >= 0.3 is 0 Å². The fraction of sp³-hybridized carbons (Fsp3) is 0.478. The molecule has 140 valence electrons. The van der Waals surface area contributed by atoms with Crippen LogP contribution in [0.5, 0.6) is 0 Å². The van der Waals surface area contributed by atoms with Gasteiger partial charge in [-0.3, -0.25) is 0 Å². The highest BCUT2D eigenvalue weighted by Gasteiger charge is 2.32. The van der Waals surface area contributed by atoms with Gasteiger partial charge in [0.05, 0.1) is 0 Å². The third kappa shape index (κ3) is 4.31. The monoisotopic (exact) mass is 371 g/mol. The Hall–Kier alpha value is -1.35. The number of likely N-dealkylation sites (tertiary alicyclic amines) is 1. The number of benzene rings is 2. The van der Waals surface area contributed by atoms with Gasteiger partial charge in [-0.2, -0.15) is 0 Å². The van der Waals surface area contributed by atoms with Gasteiger partial charge < -0.3 is 10.0 Å². The van der Waals surface area contributed by atoms with Crippen molar-refractivity contribution >= 4 is 12.4 Å². The van der Waals surface area contributed by atoms with Gasteiger partial charge in [0, 0.05) is 6.54 Å². The van der Waals surface area contributed by atoms with E-state index in [1.165, 1.54) is 50.8 Å². The first-order valence-electron chi connectivity index (χ1n) is 9.86. The molecule has 1 N–H and O–H groups in total. The molecule has 1 atom stereocenters. The minimum Gasteiger partial charge on any atom is -0.380 e. The lowest BCUT2D eigenvalue weighted by Crippen LogP contribution is -2.36. The average Bonchev–Trinajstić information content (AvgIpc) is 3.53. The van der Waals surface area contributed by atoms with E-state index in [0.717, 1.165) is 30.0 Å². The van der Waals surface area contributed by atoms with Crippen molar-refractivity contribution in [3.63, 3.8) is 0 Å². The Morgan fingerprint density at radius 3 is 2.08 bits per heavy atom. The second kappa shape index (κ2) is 8.56. The summed E-state index contributed by atoms with van der Waals surface area (Å²) in [7, 11) is 0. The molecule has 1 saturated heterocycles. The largest absolute Gasteiger partial charge is 0.380 e. The van der Waals surface area contributed by atoms with Crippen molar-refractivity contribution in [3.8, 4) is 0 Å². The van der Waals surface area contributed by atoms with E-state index in [-0.39, 0.29) is 12.4 Å². The zero-order chi connectivity index (χ0) is 17.1. The van der Waals surface area contributed by atoms with Crippen LogP contribution in [0.25, 0.3) is 0 Å². The molecule has 2 aliphatic rings. The number of nitrogens with zero attached hydrogens (tertiary/aromatic N) is 1. The van der Waals surface area contributed by atoms with Gasteiger partial charge in [-0.1, -0.05) is 61.0 Å². The van der Waals surface area contributed by atoms with E-state index in [1.807, 2.05) is 18.2 Å². The van der Waals surface area contributed by atoms with Crippen LogP contribution in [-0.2, 0) is 5.60 Å². The maximum atomic E-state index is 11.7. The van der Waals surface area contributed by atoms with E-state index in [1.54, 1.807) is 0 Å². The summed E-state index contributed by atoms with van der Waals surface area (Å²) in [5.41, 5.74) is 2.56. The standard InChI is InChI=1S/C23H29NO.ClH/c25-23(21-7-3-1-4-8-21,15-18-24-16-5-2-6-17-24)22-13-11-20(12-14-22)19-9-10-19;/h1,3-4,7-8,11-14,19,25H,2,5-6,9-10,15-18H2;1H. The van der Waals surface area contributed by atoms with Gasteiger partial charge in [-0.15, -0.1) is 12.4 Å². The minimum atomic E-state index is -0.902. The topological polar surface area (TPSA) is 23.5 Å². The molecule has 0 bridgehead atoms. The number of hydrogen-bond donors (Lipinski definition) is 1. The Balaban J connectivity index is 0.00000196. The molecule has 0 spiro atoms. The quantitative estimate of drug-likeness (QED) is 0.763. The molecule has 2 aromatic rings. The fourth-order valence-corrected chi connectivity index (χ4v) is 4.12. The molecule has 2 fully saturated rings. The summed E-state index contributed by atoms with van der Waals surface area (Å²) in [6.07, 6.45) is 7.32. The highest BCUT2D eigenvalue weighted by molar-refractivity contribution is 5.85. The van der Waals surface area contributed by atoms with Crippen molar-refractivity contribution < 1.29 is 5.11 Å². The van der Waals surface area contributed by atoms with Crippen LogP contribution in [-0.4, -0.2) is 29.6 Å². The second-order valence-electron chi connectivity index (χ2n) is 7.77. The van der Waals surface area contributed by atoms with E-state index in [9.17, 15) is 5.11 Å². The molecular formula is C23H30ClNO. The smallest absolute Gasteiger partial charge is 0.116 e. The molecule has 1 saturated carbocycles. The molecule has 1 heterocycles. The third-order valence-electron chi connectivity index (χ3n) is 5.93. The Kier molecular flexibility index (Phi) is 6.39. The lowest BCUT2D eigenvalue weighted by Gasteiger charge is -2.34.